The second-order valence-electron chi connectivity index (χ2n) is 8.50. The van der Waals surface area contributed by atoms with E-state index < -0.39 is 16.1 Å². The zero-order valence-electron chi connectivity index (χ0n) is 19.3. The molecule has 0 aliphatic carbocycles. The van der Waals surface area contributed by atoms with E-state index >= 15 is 0 Å². The lowest BCUT2D eigenvalue weighted by Gasteiger charge is -2.29. The molecule has 2 aromatic rings. The van der Waals surface area contributed by atoms with E-state index in [1.807, 2.05) is 32.0 Å². The Labute approximate surface area is 191 Å². The molecule has 174 valence electrons. The normalized spacial score (nSPS) is 15.9. The van der Waals surface area contributed by atoms with E-state index in [0.717, 1.165) is 55.8 Å². The Hall–Kier alpha value is -2.42. The number of sulfonamides is 1. The molecule has 1 aliphatic heterocycles. The number of rotatable bonds is 8. The molecule has 1 fully saturated rings. The quantitative estimate of drug-likeness (QED) is 0.657. The van der Waals surface area contributed by atoms with Gasteiger partial charge < -0.3 is 10.1 Å². The van der Waals surface area contributed by atoms with Gasteiger partial charge in [-0.3, -0.25) is 14.0 Å². The summed E-state index contributed by atoms with van der Waals surface area (Å²) in [6.45, 7) is 10.1. The van der Waals surface area contributed by atoms with Crippen molar-refractivity contribution in [3.63, 3.8) is 0 Å². The van der Waals surface area contributed by atoms with Gasteiger partial charge in [-0.15, -0.1) is 0 Å². The number of aryl methyl sites for hydroxylation is 2. The van der Waals surface area contributed by atoms with Crippen molar-refractivity contribution in [1.82, 2.24) is 10.2 Å². The van der Waals surface area contributed by atoms with Crippen molar-refractivity contribution in [2.75, 3.05) is 36.9 Å². The molecule has 1 saturated heterocycles. The molecule has 1 heterocycles. The van der Waals surface area contributed by atoms with E-state index in [-0.39, 0.29) is 5.91 Å². The van der Waals surface area contributed by atoms with Crippen LogP contribution in [0.15, 0.2) is 42.5 Å². The summed E-state index contributed by atoms with van der Waals surface area (Å²) >= 11 is 0. The fourth-order valence-electron chi connectivity index (χ4n) is 4.00. The third-order valence-corrected chi connectivity index (χ3v) is 6.79. The first kappa shape index (κ1) is 24.2. The lowest BCUT2D eigenvalue weighted by Crippen LogP contribution is -2.47. The van der Waals surface area contributed by atoms with Crippen LogP contribution in [0.5, 0.6) is 0 Å². The molecule has 2 aromatic carbocycles. The molecule has 1 atom stereocenters. The zero-order chi connectivity index (χ0) is 23.3. The molecule has 1 amide bonds. The molecule has 0 radical (unpaired) electrons. The summed E-state index contributed by atoms with van der Waals surface area (Å²) in [6, 6.07) is 12.8. The van der Waals surface area contributed by atoms with Crippen molar-refractivity contribution in [2.24, 2.45) is 0 Å². The van der Waals surface area contributed by atoms with Gasteiger partial charge in [0.2, 0.25) is 15.9 Å². The molecule has 7 nitrogen and oxygen atoms in total. The Morgan fingerprint density at radius 2 is 1.62 bits per heavy atom. The standard InChI is InChI=1S/C24H33N3O4S/c1-18-13-19(2)15-23(14-18)27(32(4,29)30)20(3)24(28)25-16-21-5-7-22(8-6-21)17-26-9-11-31-12-10-26/h5-8,13-15,20H,9-12,16-17H2,1-4H3,(H,25,28)/t20-/m1/s1. The van der Waals surface area contributed by atoms with E-state index in [0.29, 0.717) is 12.2 Å². The smallest absolute Gasteiger partial charge is 0.243 e. The van der Waals surface area contributed by atoms with E-state index in [1.165, 1.54) is 9.87 Å². The molecule has 3 rings (SSSR count). The van der Waals surface area contributed by atoms with Gasteiger partial charge in [-0.25, -0.2) is 8.42 Å². The minimum Gasteiger partial charge on any atom is -0.379 e. The maximum absolute atomic E-state index is 12.8. The van der Waals surface area contributed by atoms with Crippen LogP contribution in [0.4, 0.5) is 5.69 Å². The predicted octanol–water partition coefficient (Wildman–Crippen LogP) is 2.61. The van der Waals surface area contributed by atoms with Crippen LogP contribution in [0.3, 0.4) is 0 Å². The second kappa shape index (κ2) is 10.5. The highest BCUT2D eigenvalue weighted by molar-refractivity contribution is 7.92. The largest absolute Gasteiger partial charge is 0.379 e. The highest BCUT2D eigenvalue weighted by Crippen LogP contribution is 2.24. The number of amides is 1. The Morgan fingerprint density at radius 3 is 2.19 bits per heavy atom. The van der Waals surface area contributed by atoms with Gasteiger partial charge in [-0.1, -0.05) is 30.3 Å². The molecular formula is C24H33N3O4S. The first-order valence-electron chi connectivity index (χ1n) is 10.9. The van der Waals surface area contributed by atoms with Gasteiger partial charge in [0.05, 0.1) is 25.2 Å². The Morgan fingerprint density at radius 1 is 1.06 bits per heavy atom. The fourth-order valence-corrected chi connectivity index (χ4v) is 5.16. The maximum Gasteiger partial charge on any atom is 0.243 e. The van der Waals surface area contributed by atoms with Crippen LogP contribution in [0.2, 0.25) is 0 Å². The van der Waals surface area contributed by atoms with Crippen molar-refractivity contribution in [3.05, 3.63) is 64.7 Å². The van der Waals surface area contributed by atoms with Crippen LogP contribution in [0, 0.1) is 13.8 Å². The first-order chi connectivity index (χ1) is 15.1. The molecule has 0 spiro atoms. The van der Waals surface area contributed by atoms with Crippen LogP contribution in [-0.2, 0) is 32.6 Å². The molecule has 0 aromatic heterocycles. The molecular weight excluding hydrogens is 426 g/mol. The van der Waals surface area contributed by atoms with Gasteiger partial charge in [0.25, 0.3) is 0 Å². The Balaban J connectivity index is 1.63. The third kappa shape index (κ3) is 6.54. The van der Waals surface area contributed by atoms with Gasteiger partial charge in [0.1, 0.15) is 6.04 Å². The summed E-state index contributed by atoms with van der Waals surface area (Å²) in [4.78, 5) is 15.2. The number of morpholine rings is 1. The molecule has 1 aliphatic rings. The minimum absolute atomic E-state index is 0.339. The van der Waals surface area contributed by atoms with Crippen molar-refractivity contribution in [2.45, 2.75) is 39.9 Å². The number of ether oxygens (including phenoxy) is 1. The molecule has 0 unspecified atom stereocenters. The highest BCUT2D eigenvalue weighted by atomic mass is 32.2. The highest BCUT2D eigenvalue weighted by Gasteiger charge is 2.29. The Kier molecular flexibility index (Phi) is 7.92. The lowest BCUT2D eigenvalue weighted by molar-refractivity contribution is -0.122. The van der Waals surface area contributed by atoms with Crippen molar-refractivity contribution in [3.8, 4) is 0 Å². The molecule has 32 heavy (non-hydrogen) atoms. The van der Waals surface area contributed by atoms with Gasteiger partial charge in [-0.2, -0.15) is 0 Å². The number of nitrogens with one attached hydrogen (secondary N) is 1. The van der Waals surface area contributed by atoms with Gasteiger partial charge >= 0.3 is 0 Å². The molecule has 8 heteroatoms. The second-order valence-corrected chi connectivity index (χ2v) is 10.4. The van der Waals surface area contributed by atoms with Crippen LogP contribution < -0.4 is 9.62 Å². The first-order valence-corrected chi connectivity index (χ1v) is 12.7. The average molecular weight is 460 g/mol. The van der Waals surface area contributed by atoms with Crippen molar-refractivity contribution >= 4 is 21.6 Å². The minimum atomic E-state index is -3.64. The number of carbonyl (C=O) groups excluding carboxylic acids is 1. The average Bonchev–Trinajstić information content (AvgIpc) is 2.72. The predicted molar refractivity (Wildman–Crippen MR) is 127 cm³/mol. The monoisotopic (exact) mass is 459 g/mol. The number of hydrogen-bond donors (Lipinski definition) is 1. The zero-order valence-corrected chi connectivity index (χ0v) is 20.1. The fraction of sp³-hybridized carbons (Fsp3) is 0.458. The third-order valence-electron chi connectivity index (χ3n) is 5.55. The number of hydrogen-bond acceptors (Lipinski definition) is 5. The summed E-state index contributed by atoms with van der Waals surface area (Å²) in [5.41, 5.74) is 4.57. The number of benzene rings is 2. The Bertz CT molecular complexity index is 1010. The SMILES string of the molecule is Cc1cc(C)cc(N([C@H](C)C(=O)NCc2ccc(CN3CCOCC3)cc2)S(C)(=O)=O)c1. The summed E-state index contributed by atoms with van der Waals surface area (Å²) in [7, 11) is -3.64. The van der Waals surface area contributed by atoms with Crippen LogP contribution in [-0.4, -0.2) is 57.8 Å². The van der Waals surface area contributed by atoms with Crippen molar-refractivity contribution in [1.29, 1.82) is 0 Å². The van der Waals surface area contributed by atoms with E-state index in [4.69, 9.17) is 4.74 Å². The van der Waals surface area contributed by atoms with Gasteiger partial charge in [0.15, 0.2) is 0 Å². The lowest BCUT2D eigenvalue weighted by atomic mass is 10.1. The number of anilines is 1. The van der Waals surface area contributed by atoms with Crippen molar-refractivity contribution < 1.29 is 17.9 Å². The van der Waals surface area contributed by atoms with E-state index in [9.17, 15) is 13.2 Å². The number of nitrogens with zero attached hydrogens (tertiary/aromatic N) is 2. The summed E-state index contributed by atoms with van der Waals surface area (Å²) in [6.07, 6.45) is 1.13. The summed E-state index contributed by atoms with van der Waals surface area (Å²) < 4.78 is 31.6. The van der Waals surface area contributed by atoms with Gasteiger partial charge in [-0.05, 0) is 55.2 Å². The molecule has 1 N–H and O–H groups in total. The van der Waals surface area contributed by atoms with Crippen LogP contribution in [0.1, 0.15) is 29.2 Å². The van der Waals surface area contributed by atoms with E-state index in [1.54, 1.807) is 19.1 Å². The molecule has 0 bridgehead atoms. The number of carbonyl (C=O) groups is 1. The van der Waals surface area contributed by atoms with Gasteiger partial charge in [0, 0.05) is 26.2 Å². The summed E-state index contributed by atoms with van der Waals surface area (Å²) in [5, 5.41) is 2.88. The van der Waals surface area contributed by atoms with Crippen LogP contribution in [0.25, 0.3) is 0 Å². The van der Waals surface area contributed by atoms with Crippen LogP contribution >= 0.6 is 0 Å². The molecule has 0 saturated carbocycles. The maximum atomic E-state index is 12.8. The summed E-state index contributed by atoms with van der Waals surface area (Å²) in [5.74, 6) is -0.341. The topological polar surface area (TPSA) is 79.0 Å². The van der Waals surface area contributed by atoms with E-state index in [2.05, 4.69) is 22.3 Å².